The number of hydrogen-bond donors (Lipinski definition) is 0. The zero-order chi connectivity index (χ0) is 20.9. The van der Waals surface area contributed by atoms with Crippen LogP contribution in [0.25, 0.3) is 10.2 Å². The largest absolute Gasteiger partial charge is 0.494 e. The second-order valence-electron chi connectivity index (χ2n) is 7.71. The van der Waals surface area contributed by atoms with Gasteiger partial charge in [0.25, 0.3) is 0 Å². The first kappa shape index (κ1) is 20.5. The Bertz CT molecular complexity index is 987. The van der Waals surface area contributed by atoms with Crippen LogP contribution in [-0.2, 0) is 4.79 Å². The average molecular weight is 423 g/mol. The van der Waals surface area contributed by atoms with Crippen LogP contribution >= 0.6 is 11.3 Å². The molecule has 3 aromatic rings. The van der Waals surface area contributed by atoms with Gasteiger partial charge in [0.1, 0.15) is 5.75 Å². The van der Waals surface area contributed by atoms with Gasteiger partial charge in [0.05, 0.1) is 21.8 Å². The van der Waals surface area contributed by atoms with E-state index in [1.807, 2.05) is 11.0 Å². The van der Waals surface area contributed by atoms with Gasteiger partial charge in [0, 0.05) is 31.0 Å². The van der Waals surface area contributed by atoms with Crippen molar-refractivity contribution in [3.05, 3.63) is 59.1 Å². The summed E-state index contributed by atoms with van der Waals surface area (Å²) in [5.74, 6) is 1.42. The molecule has 156 valence electrons. The van der Waals surface area contributed by atoms with Gasteiger partial charge in [-0.3, -0.25) is 9.59 Å². The molecule has 0 aliphatic carbocycles. The van der Waals surface area contributed by atoms with E-state index in [0.717, 1.165) is 37.2 Å². The summed E-state index contributed by atoms with van der Waals surface area (Å²) in [6.07, 6.45) is 3.14. The van der Waals surface area contributed by atoms with Crippen molar-refractivity contribution in [2.24, 2.45) is 0 Å². The molecule has 30 heavy (non-hydrogen) atoms. The fourth-order valence-corrected chi connectivity index (χ4v) is 4.93. The number of nitrogens with zero attached hydrogens (tertiary/aromatic N) is 2. The van der Waals surface area contributed by atoms with Crippen LogP contribution in [0.5, 0.6) is 5.75 Å². The number of hydrogen-bond acceptors (Lipinski definition) is 5. The maximum atomic E-state index is 12.5. The Morgan fingerprint density at radius 1 is 1.10 bits per heavy atom. The highest BCUT2D eigenvalue weighted by Gasteiger charge is 2.25. The van der Waals surface area contributed by atoms with Gasteiger partial charge >= 0.3 is 0 Å². The Morgan fingerprint density at radius 2 is 1.83 bits per heavy atom. The van der Waals surface area contributed by atoms with Gasteiger partial charge < -0.3 is 9.64 Å². The number of amides is 1. The number of carbonyl (C=O) groups excluding carboxylic acids is 2. The molecule has 4 rings (SSSR count). The highest BCUT2D eigenvalue weighted by Crippen LogP contribution is 2.33. The normalized spacial score (nSPS) is 14.8. The van der Waals surface area contributed by atoms with Gasteiger partial charge in [-0.15, -0.1) is 11.3 Å². The fraction of sp³-hybridized carbons (Fsp3) is 0.375. The molecule has 0 unspecified atom stereocenters. The van der Waals surface area contributed by atoms with E-state index in [0.29, 0.717) is 30.9 Å². The Hall–Kier alpha value is -2.73. The number of ketones is 1. The minimum atomic E-state index is 0.0408. The summed E-state index contributed by atoms with van der Waals surface area (Å²) in [7, 11) is 0. The van der Waals surface area contributed by atoms with Crippen LogP contribution in [0.15, 0.2) is 48.5 Å². The molecular formula is C24H26N2O3S. The van der Waals surface area contributed by atoms with Crippen molar-refractivity contribution in [3.8, 4) is 5.75 Å². The second kappa shape index (κ2) is 9.39. The Kier molecular flexibility index (Phi) is 6.43. The van der Waals surface area contributed by atoms with Crippen molar-refractivity contribution in [1.29, 1.82) is 0 Å². The van der Waals surface area contributed by atoms with Crippen LogP contribution in [0, 0.1) is 0 Å². The topological polar surface area (TPSA) is 59.5 Å². The van der Waals surface area contributed by atoms with E-state index >= 15 is 0 Å². The summed E-state index contributed by atoms with van der Waals surface area (Å²) in [5, 5.41) is 1.20. The molecule has 0 saturated carbocycles. The Balaban J connectivity index is 1.19. The van der Waals surface area contributed by atoms with Crippen LogP contribution in [0.3, 0.4) is 0 Å². The molecule has 2 aromatic carbocycles. The lowest BCUT2D eigenvalue weighted by Crippen LogP contribution is -2.37. The van der Waals surface area contributed by atoms with Gasteiger partial charge in [-0.1, -0.05) is 12.1 Å². The first-order valence-corrected chi connectivity index (χ1v) is 11.3. The van der Waals surface area contributed by atoms with Crippen molar-refractivity contribution in [2.75, 3.05) is 19.7 Å². The SMILES string of the molecule is CC(=O)c1ccc(OCCCC(=O)N2CCC(c3nc4ccccc4s3)CC2)cc1. The molecule has 0 N–H and O–H groups in total. The highest BCUT2D eigenvalue weighted by molar-refractivity contribution is 7.18. The molecule has 1 aliphatic heterocycles. The number of para-hydroxylation sites is 1. The first-order chi connectivity index (χ1) is 14.6. The fourth-order valence-electron chi connectivity index (χ4n) is 3.80. The average Bonchev–Trinajstić information content (AvgIpc) is 3.21. The molecule has 1 saturated heterocycles. The maximum Gasteiger partial charge on any atom is 0.222 e. The summed E-state index contributed by atoms with van der Waals surface area (Å²) in [5.41, 5.74) is 1.75. The van der Waals surface area contributed by atoms with Crippen molar-refractivity contribution in [2.45, 2.75) is 38.5 Å². The number of ether oxygens (including phenoxy) is 1. The lowest BCUT2D eigenvalue weighted by atomic mass is 9.97. The standard InChI is InChI=1S/C24H26N2O3S/c1-17(27)18-8-10-20(11-9-18)29-16-4-7-23(28)26-14-12-19(13-15-26)24-25-21-5-2-3-6-22(21)30-24/h2-3,5-6,8-11,19H,4,7,12-16H2,1H3. The van der Waals surface area contributed by atoms with Crippen molar-refractivity contribution in [3.63, 3.8) is 0 Å². The molecule has 0 bridgehead atoms. The van der Waals surface area contributed by atoms with Crippen LogP contribution < -0.4 is 4.74 Å². The number of piperidine rings is 1. The number of likely N-dealkylation sites (tertiary alicyclic amines) is 1. The maximum absolute atomic E-state index is 12.5. The summed E-state index contributed by atoms with van der Waals surface area (Å²) >= 11 is 1.78. The monoisotopic (exact) mass is 422 g/mol. The summed E-state index contributed by atoms with van der Waals surface area (Å²) in [6, 6.07) is 15.4. The van der Waals surface area contributed by atoms with Crippen LogP contribution in [0.1, 0.15) is 53.9 Å². The molecular weight excluding hydrogens is 396 g/mol. The van der Waals surface area contributed by atoms with E-state index in [1.165, 1.54) is 9.71 Å². The second-order valence-corrected chi connectivity index (χ2v) is 8.77. The molecule has 0 atom stereocenters. The molecule has 0 spiro atoms. The molecule has 0 radical (unpaired) electrons. The predicted molar refractivity (Wildman–Crippen MR) is 119 cm³/mol. The molecule has 1 amide bonds. The number of thiazole rings is 1. The molecule has 1 aromatic heterocycles. The number of benzene rings is 2. The van der Waals surface area contributed by atoms with E-state index < -0.39 is 0 Å². The van der Waals surface area contributed by atoms with Crippen LogP contribution in [-0.4, -0.2) is 41.3 Å². The summed E-state index contributed by atoms with van der Waals surface area (Å²) < 4.78 is 6.93. The van der Waals surface area contributed by atoms with E-state index in [4.69, 9.17) is 9.72 Å². The van der Waals surface area contributed by atoms with E-state index in [-0.39, 0.29) is 11.7 Å². The smallest absolute Gasteiger partial charge is 0.222 e. The van der Waals surface area contributed by atoms with Crippen LogP contribution in [0.2, 0.25) is 0 Å². The van der Waals surface area contributed by atoms with Gasteiger partial charge in [0.2, 0.25) is 5.91 Å². The van der Waals surface area contributed by atoms with Crippen molar-refractivity contribution >= 4 is 33.2 Å². The molecule has 1 fully saturated rings. The van der Waals surface area contributed by atoms with E-state index in [9.17, 15) is 9.59 Å². The van der Waals surface area contributed by atoms with Gasteiger partial charge in [-0.2, -0.15) is 0 Å². The lowest BCUT2D eigenvalue weighted by Gasteiger charge is -2.31. The van der Waals surface area contributed by atoms with E-state index in [2.05, 4.69) is 18.2 Å². The minimum absolute atomic E-state index is 0.0408. The number of rotatable bonds is 7. The molecule has 5 nitrogen and oxygen atoms in total. The lowest BCUT2D eigenvalue weighted by molar-refractivity contribution is -0.132. The Morgan fingerprint density at radius 3 is 2.53 bits per heavy atom. The van der Waals surface area contributed by atoms with Crippen molar-refractivity contribution < 1.29 is 14.3 Å². The van der Waals surface area contributed by atoms with Gasteiger partial charge in [-0.25, -0.2) is 4.98 Å². The van der Waals surface area contributed by atoms with E-state index in [1.54, 1.807) is 42.5 Å². The van der Waals surface area contributed by atoms with Crippen molar-refractivity contribution in [1.82, 2.24) is 9.88 Å². The highest BCUT2D eigenvalue weighted by atomic mass is 32.1. The predicted octanol–water partition coefficient (Wildman–Crippen LogP) is 5.06. The zero-order valence-corrected chi connectivity index (χ0v) is 18.0. The third-order valence-electron chi connectivity index (χ3n) is 5.57. The zero-order valence-electron chi connectivity index (χ0n) is 17.2. The van der Waals surface area contributed by atoms with Gasteiger partial charge in [0.15, 0.2) is 5.78 Å². The number of carbonyl (C=O) groups is 2. The number of Topliss-reactive ketones (excluding diaryl/α,β-unsaturated/α-hetero) is 1. The number of aromatic nitrogens is 1. The Labute approximate surface area is 180 Å². The number of fused-ring (bicyclic) bond motifs is 1. The summed E-state index contributed by atoms with van der Waals surface area (Å²) in [4.78, 5) is 30.6. The third-order valence-corrected chi connectivity index (χ3v) is 6.77. The summed E-state index contributed by atoms with van der Waals surface area (Å²) in [6.45, 7) is 3.64. The quantitative estimate of drug-likeness (QED) is 0.394. The third kappa shape index (κ3) is 4.87. The molecule has 2 heterocycles. The molecule has 1 aliphatic rings. The van der Waals surface area contributed by atoms with Gasteiger partial charge in [-0.05, 0) is 62.6 Å². The molecule has 6 heteroatoms. The minimum Gasteiger partial charge on any atom is -0.494 e. The van der Waals surface area contributed by atoms with Crippen LogP contribution in [0.4, 0.5) is 0 Å². The first-order valence-electron chi connectivity index (χ1n) is 10.5.